The number of halogens is 1. The number of ether oxygens (including phenoxy) is 1. The fourth-order valence-electron chi connectivity index (χ4n) is 2.43. The Balaban J connectivity index is 2.63. The highest BCUT2D eigenvalue weighted by Crippen LogP contribution is 2.31. The summed E-state index contributed by atoms with van der Waals surface area (Å²) in [6.45, 7) is 0. The van der Waals surface area contributed by atoms with E-state index in [1.807, 2.05) is 30.3 Å². The Kier molecular flexibility index (Phi) is 5.13. The molecule has 0 saturated heterocycles. The highest BCUT2D eigenvalue weighted by Gasteiger charge is 2.42. The topological polar surface area (TPSA) is 26.3 Å². The van der Waals surface area contributed by atoms with Crippen LogP contribution in [0.1, 0.15) is 11.1 Å². The third-order valence-electron chi connectivity index (χ3n) is 3.46. The number of rotatable bonds is 4. The van der Waals surface area contributed by atoms with Gasteiger partial charge in [-0.05, 0) is 11.6 Å². The zero-order valence-electron chi connectivity index (χ0n) is 12.1. The van der Waals surface area contributed by atoms with Gasteiger partial charge in [0.2, 0.25) is 0 Å². The Morgan fingerprint density at radius 2 is 1.82 bits per heavy atom. The Hall–Kier alpha value is -2.38. The Morgan fingerprint density at radius 1 is 1.18 bits per heavy atom. The van der Waals surface area contributed by atoms with E-state index in [1.165, 1.54) is 13.2 Å². The van der Waals surface area contributed by atoms with Crippen molar-refractivity contribution in [2.75, 3.05) is 7.11 Å². The van der Waals surface area contributed by atoms with E-state index in [4.69, 9.17) is 4.74 Å². The molecule has 0 saturated carbocycles. The smallest absolute Gasteiger partial charge is 0.329 e. The van der Waals surface area contributed by atoms with Crippen LogP contribution in [0.15, 0.2) is 54.6 Å². The van der Waals surface area contributed by atoms with Gasteiger partial charge >= 0.3 is 5.97 Å². The molecule has 109 valence electrons. The van der Waals surface area contributed by atoms with Gasteiger partial charge in [0.25, 0.3) is 0 Å². The third-order valence-corrected chi connectivity index (χ3v) is 3.58. The second-order valence-corrected chi connectivity index (χ2v) is 5.04. The fraction of sp³-hybridized carbons (Fsp3) is 0.167. The Labute approximate surface area is 132 Å². The van der Waals surface area contributed by atoms with Gasteiger partial charge in [-0.3, -0.25) is 4.79 Å². The molecule has 2 aromatic rings. The molecule has 0 aliphatic rings. The van der Waals surface area contributed by atoms with Gasteiger partial charge in [0.1, 0.15) is 16.1 Å². The molecule has 0 aliphatic heterocycles. The van der Waals surface area contributed by atoms with Gasteiger partial charge in [0, 0.05) is 12.0 Å². The second-order valence-electron chi connectivity index (χ2n) is 4.79. The van der Waals surface area contributed by atoms with Crippen molar-refractivity contribution in [2.45, 2.75) is 11.8 Å². The minimum absolute atomic E-state index is 0.205. The van der Waals surface area contributed by atoms with E-state index in [1.54, 1.807) is 18.2 Å². The highest BCUT2D eigenvalue weighted by atomic mass is 28.1. The summed E-state index contributed by atoms with van der Waals surface area (Å²) >= 11 is 0. The Morgan fingerprint density at radius 3 is 2.41 bits per heavy atom. The van der Waals surface area contributed by atoms with E-state index in [0.717, 1.165) is 5.56 Å². The molecule has 0 aliphatic carbocycles. The molecule has 0 spiro atoms. The summed E-state index contributed by atoms with van der Waals surface area (Å²) in [5, 5.41) is 0. The number of carbonyl (C=O) groups is 1. The molecule has 4 heteroatoms. The summed E-state index contributed by atoms with van der Waals surface area (Å²) in [5.74, 6) is 1.72. The van der Waals surface area contributed by atoms with Gasteiger partial charge in [0.15, 0.2) is 5.41 Å². The molecule has 22 heavy (non-hydrogen) atoms. The molecule has 2 nitrogen and oxygen atoms in total. The monoisotopic (exact) mass is 309 g/mol. The first-order valence-electron chi connectivity index (χ1n) is 6.70. The van der Waals surface area contributed by atoms with Crippen molar-refractivity contribution >= 4 is 16.2 Å². The summed E-state index contributed by atoms with van der Waals surface area (Å²) < 4.78 is 19.2. The van der Waals surface area contributed by atoms with Gasteiger partial charge in [-0.1, -0.05) is 54.5 Å². The molecule has 1 unspecified atom stereocenters. The lowest BCUT2D eigenvalue weighted by atomic mass is 9.76. The zero-order chi connectivity index (χ0) is 16.0. The van der Waals surface area contributed by atoms with Crippen molar-refractivity contribution in [3.8, 4) is 11.5 Å². The minimum Gasteiger partial charge on any atom is -0.468 e. The summed E-state index contributed by atoms with van der Waals surface area (Å²) in [5.41, 5.74) is 2.23. The first-order valence-corrected chi connectivity index (χ1v) is 7.20. The van der Waals surface area contributed by atoms with Crippen LogP contribution < -0.4 is 0 Å². The quantitative estimate of drug-likeness (QED) is 0.493. The SMILES string of the molecule is COC(=O)C(C#C[Si])(Cc1ccccc1)c1ccccc1F. The van der Waals surface area contributed by atoms with E-state index in [0.29, 0.717) is 0 Å². The molecule has 0 amide bonds. The van der Waals surface area contributed by atoms with Gasteiger partial charge in [-0.15, -0.1) is 5.54 Å². The average molecular weight is 309 g/mol. The molecule has 0 N–H and O–H groups in total. The fourth-order valence-corrected chi connectivity index (χ4v) is 2.64. The number of carbonyl (C=O) groups excluding carboxylic acids is 1. The van der Waals surface area contributed by atoms with Crippen LogP contribution in [-0.4, -0.2) is 23.3 Å². The van der Waals surface area contributed by atoms with Gasteiger partial charge in [0.05, 0.1) is 7.11 Å². The lowest BCUT2D eigenvalue weighted by molar-refractivity contribution is -0.145. The lowest BCUT2D eigenvalue weighted by Gasteiger charge is -2.27. The molecule has 2 aromatic carbocycles. The number of esters is 1. The van der Waals surface area contributed by atoms with E-state index < -0.39 is 17.2 Å². The maximum Gasteiger partial charge on any atom is 0.329 e. The highest BCUT2D eigenvalue weighted by molar-refractivity contribution is 6.22. The lowest BCUT2D eigenvalue weighted by Crippen LogP contribution is -2.39. The normalized spacial score (nSPS) is 12.7. The first-order chi connectivity index (χ1) is 10.6. The largest absolute Gasteiger partial charge is 0.468 e. The van der Waals surface area contributed by atoms with E-state index in [-0.39, 0.29) is 12.0 Å². The van der Waals surface area contributed by atoms with Crippen LogP contribution in [0.5, 0.6) is 0 Å². The molecule has 2 rings (SSSR count). The average Bonchev–Trinajstić information content (AvgIpc) is 2.55. The molecular formula is C18H14FO2Si. The van der Waals surface area contributed by atoms with Crippen LogP contribution in [0.25, 0.3) is 0 Å². The summed E-state index contributed by atoms with van der Waals surface area (Å²) in [6.07, 6.45) is 0.221. The maximum atomic E-state index is 14.3. The number of hydrogen-bond donors (Lipinski definition) is 0. The molecule has 0 fully saturated rings. The summed E-state index contributed by atoms with van der Waals surface area (Å²) in [7, 11) is 4.35. The minimum atomic E-state index is -1.40. The molecule has 3 radical (unpaired) electrons. The van der Waals surface area contributed by atoms with Crippen LogP contribution in [0, 0.1) is 17.3 Å². The van der Waals surface area contributed by atoms with Crippen LogP contribution >= 0.6 is 0 Å². The van der Waals surface area contributed by atoms with Gasteiger partial charge in [-0.2, -0.15) is 0 Å². The summed E-state index contributed by atoms with van der Waals surface area (Å²) in [4.78, 5) is 12.5. The van der Waals surface area contributed by atoms with Crippen molar-refractivity contribution in [1.82, 2.24) is 0 Å². The van der Waals surface area contributed by atoms with Crippen LogP contribution in [-0.2, 0) is 21.4 Å². The standard InChI is InChI=1S/C18H14FO2Si/c1-21-17(20)18(11-12-22,13-14-7-3-2-4-8-14)15-9-5-6-10-16(15)19/h2-10H,13H2,1H3. The van der Waals surface area contributed by atoms with Crippen molar-refractivity contribution < 1.29 is 13.9 Å². The number of methoxy groups -OCH3 is 1. The van der Waals surface area contributed by atoms with Crippen molar-refractivity contribution in [3.63, 3.8) is 0 Å². The van der Waals surface area contributed by atoms with Crippen molar-refractivity contribution in [1.29, 1.82) is 0 Å². The van der Waals surface area contributed by atoms with Crippen LogP contribution in [0.2, 0.25) is 0 Å². The Bertz CT molecular complexity index is 719. The predicted octanol–water partition coefficient (Wildman–Crippen LogP) is 2.61. The van der Waals surface area contributed by atoms with E-state index >= 15 is 0 Å². The van der Waals surface area contributed by atoms with Crippen molar-refractivity contribution in [2.24, 2.45) is 0 Å². The second kappa shape index (κ2) is 7.06. The predicted molar refractivity (Wildman–Crippen MR) is 83.8 cm³/mol. The molecular weight excluding hydrogens is 295 g/mol. The number of benzene rings is 2. The van der Waals surface area contributed by atoms with E-state index in [9.17, 15) is 9.18 Å². The molecule has 0 aromatic heterocycles. The first kappa shape index (κ1) is 16.0. The zero-order valence-corrected chi connectivity index (χ0v) is 13.1. The summed E-state index contributed by atoms with van der Waals surface area (Å²) in [6, 6.07) is 15.5. The molecule has 0 heterocycles. The van der Waals surface area contributed by atoms with Crippen LogP contribution in [0.4, 0.5) is 4.39 Å². The van der Waals surface area contributed by atoms with Gasteiger partial charge in [-0.25, -0.2) is 4.39 Å². The molecule has 1 atom stereocenters. The van der Waals surface area contributed by atoms with E-state index in [2.05, 4.69) is 21.7 Å². The van der Waals surface area contributed by atoms with Gasteiger partial charge < -0.3 is 4.74 Å². The maximum absolute atomic E-state index is 14.3. The van der Waals surface area contributed by atoms with Crippen LogP contribution in [0.3, 0.4) is 0 Å². The third kappa shape index (κ3) is 3.10. The number of hydrogen-bond acceptors (Lipinski definition) is 2. The molecule has 0 bridgehead atoms. The van der Waals surface area contributed by atoms with Crippen molar-refractivity contribution in [3.05, 3.63) is 71.5 Å².